The Bertz CT molecular complexity index is 1310. The lowest BCUT2D eigenvalue weighted by atomic mass is 9.88. The quantitative estimate of drug-likeness (QED) is 0.273. The van der Waals surface area contributed by atoms with E-state index >= 15 is 0 Å². The number of fused-ring (bicyclic) bond motifs is 3. The van der Waals surface area contributed by atoms with E-state index in [-0.39, 0.29) is 11.9 Å². The van der Waals surface area contributed by atoms with E-state index < -0.39 is 6.61 Å². The fourth-order valence-corrected chi connectivity index (χ4v) is 5.67. The Morgan fingerprint density at radius 3 is 2.64 bits per heavy atom. The zero-order valence-corrected chi connectivity index (χ0v) is 20.1. The highest BCUT2D eigenvalue weighted by atomic mass is 79.9. The van der Waals surface area contributed by atoms with Crippen molar-refractivity contribution in [2.24, 2.45) is 0 Å². The first-order valence-corrected chi connectivity index (χ1v) is 12.1. The van der Waals surface area contributed by atoms with E-state index in [2.05, 4.69) is 40.3 Å². The van der Waals surface area contributed by atoms with Gasteiger partial charge < -0.3 is 14.8 Å². The molecule has 5 rings (SSSR count). The van der Waals surface area contributed by atoms with Crippen molar-refractivity contribution in [1.82, 2.24) is 0 Å². The lowest BCUT2D eigenvalue weighted by Gasteiger charge is -2.30. The monoisotopic (exact) mass is 527 g/mol. The molecule has 4 aromatic rings. The Balaban J connectivity index is 1.71. The van der Waals surface area contributed by atoms with E-state index in [0.29, 0.717) is 11.3 Å². The Morgan fingerprint density at radius 1 is 1.03 bits per heavy atom. The summed E-state index contributed by atoms with van der Waals surface area (Å²) in [4.78, 5) is 1.02. The summed E-state index contributed by atoms with van der Waals surface area (Å²) in [7, 11) is 0. The van der Waals surface area contributed by atoms with Gasteiger partial charge in [0.1, 0.15) is 11.5 Å². The molecule has 0 bridgehead atoms. The molecular formula is C26H20BrF2NO2S. The Kier molecular flexibility index (Phi) is 6.08. The van der Waals surface area contributed by atoms with Crippen LogP contribution in [0.25, 0.3) is 22.3 Å². The van der Waals surface area contributed by atoms with E-state index in [1.807, 2.05) is 42.5 Å². The molecule has 3 aromatic carbocycles. The lowest BCUT2D eigenvalue weighted by Crippen LogP contribution is -2.16. The normalized spacial score (nSPS) is 14.4. The minimum atomic E-state index is -2.92. The average molecular weight is 528 g/mol. The van der Waals surface area contributed by atoms with Gasteiger partial charge in [-0.05, 0) is 70.4 Å². The third kappa shape index (κ3) is 4.23. The first-order valence-electron chi connectivity index (χ1n) is 10.5. The molecule has 1 aliphatic rings. The highest BCUT2D eigenvalue weighted by Crippen LogP contribution is 2.51. The predicted octanol–water partition coefficient (Wildman–Crippen LogP) is 8.36. The molecule has 0 saturated heterocycles. The topological polar surface area (TPSA) is 30.5 Å². The van der Waals surface area contributed by atoms with Crippen LogP contribution in [0.1, 0.15) is 23.5 Å². The molecular weight excluding hydrogens is 508 g/mol. The smallest absolute Gasteiger partial charge is 0.387 e. The van der Waals surface area contributed by atoms with Crippen LogP contribution in [0.2, 0.25) is 0 Å². The van der Waals surface area contributed by atoms with Crippen LogP contribution in [-0.2, 0) is 0 Å². The molecule has 3 nitrogen and oxygen atoms in total. The molecule has 1 N–H and O–H groups in total. The van der Waals surface area contributed by atoms with Crippen molar-refractivity contribution in [3.05, 3.63) is 87.0 Å². The van der Waals surface area contributed by atoms with Crippen LogP contribution in [0.15, 0.2) is 76.6 Å². The maximum Gasteiger partial charge on any atom is 0.387 e. The van der Waals surface area contributed by atoms with Crippen molar-refractivity contribution in [3.8, 4) is 33.8 Å². The molecule has 168 valence electrons. The summed E-state index contributed by atoms with van der Waals surface area (Å²) in [5.41, 5.74) is 5.40. The zero-order chi connectivity index (χ0) is 22.9. The minimum absolute atomic E-state index is 0.107. The second kappa shape index (κ2) is 9.15. The molecule has 0 fully saturated rings. The fraction of sp³-hybridized carbons (Fsp3) is 0.154. The molecule has 0 radical (unpaired) electrons. The molecule has 33 heavy (non-hydrogen) atoms. The first kappa shape index (κ1) is 21.9. The first-order chi connectivity index (χ1) is 16.0. The maximum atomic E-state index is 13.1. The van der Waals surface area contributed by atoms with Gasteiger partial charge >= 0.3 is 6.61 Å². The molecule has 1 aromatic heterocycles. The molecule has 1 atom stereocenters. The number of nitrogens with one attached hydrogen (secondary N) is 1. The third-order valence-electron chi connectivity index (χ3n) is 5.51. The van der Waals surface area contributed by atoms with Crippen LogP contribution in [0, 0.1) is 0 Å². The van der Waals surface area contributed by atoms with Gasteiger partial charge in [-0.2, -0.15) is 8.78 Å². The summed E-state index contributed by atoms with van der Waals surface area (Å²) in [6, 6.07) is 23.2. The molecule has 1 unspecified atom stereocenters. The zero-order valence-electron chi connectivity index (χ0n) is 17.6. The van der Waals surface area contributed by atoms with E-state index in [4.69, 9.17) is 9.47 Å². The van der Waals surface area contributed by atoms with Crippen molar-refractivity contribution < 1.29 is 18.3 Å². The molecule has 0 amide bonds. The van der Waals surface area contributed by atoms with Crippen LogP contribution in [-0.4, -0.2) is 13.2 Å². The van der Waals surface area contributed by atoms with E-state index in [1.54, 1.807) is 29.5 Å². The standard InChI is InChI=1S/C26H20BrF2NO2S/c1-2-30-19-7-4-3-6-16(19)15-10-11-17-18(14-15)25(22-12-13-23(27)33-22)31-20-8-5-9-21(24(17)20)32-26(28)29/h3-14,25-26,30H,2H2,1H3. The second-order valence-electron chi connectivity index (χ2n) is 7.53. The van der Waals surface area contributed by atoms with Crippen molar-refractivity contribution in [2.45, 2.75) is 19.6 Å². The summed E-state index contributed by atoms with van der Waals surface area (Å²) in [5, 5.41) is 3.41. The predicted molar refractivity (Wildman–Crippen MR) is 133 cm³/mol. The van der Waals surface area contributed by atoms with Crippen LogP contribution in [0.5, 0.6) is 11.5 Å². The Labute approximate surface area is 203 Å². The number of hydrogen-bond donors (Lipinski definition) is 1. The van der Waals surface area contributed by atoms with Gasteiger partial charge in [0, 0.05) is 23.4 Å². The van der Waals surface area contributed by atoms with Gasteiger partial charge in [0.2, 0.25) is 0 Å². The lowest BCUT2D eigenvalue weighted by molar-refractivity contribution is -0.0496. The van der Waals surface area contributed by atoms with E-state index in [1.165, 1.54) is 0 Å². The largest absolute Gasteiger partial charge is 0.479 e. The molecule has 0 saturated carbocycles. The summed E-state index contributed by atoms with van der Waals surface area (Å²) < 4.78 is 38.5. The second-order valence-corrected chi connectivity index (χ2v) is 10.0. The third-order valence-corrected chi connectivity index (χ3v) is 7.18. The van der Waals surface area contributed by atoms with E-state index in [9.17, 15) is 8.78 Å². The summed E-state index contributed by atoms with van der Waals surface area (Å²) in [6.07, 6.45) is -0.364. The molecule has 1 aliphatic heterocycles. The number of ether oxygens (including phenoxy) is 2. The fourth-order valence-electron chi connectivity index (χ4n) is 4.19. The van der Waals surface area contributed by atoms with Gasteiger partial charge in [-0.1, -0.05) is 36.4 Å². The van der Waals surface area contributed by atoms with Crippen molar-refractivity contribution in [3.63, 3.8) is 0 Å². The number of thiophene rings is 1. The van der Waals surface area contributed by atoms with Crippen LogP contribution < -0.4 is 14.8 Å². The van der Waals surface area contributed by atoms with Gasteiger partial charge in [0.25, 0.3) is 0 Å². The summed E-state index contributed by atoms with van der Waals surface area (Å²) in [6.45, 7) is -0.0559. The van der Waals surface area contributed by atoms with Crippen molar-refractivity contribution >= 4 is 33.0 Å². The Morgan fingerprint density at radius 2 is 1.88 bits per heavy atom. The van der Waals surface area contributed by atoms with Crippen molar-refractivity contribution in [1.29, 1.82) is 0 Å². The van der Waals surface area contributed by atoms with Gasteiger partial charge in [-0.15, -0.1) is 11.3 Å². The van der Waals surface area contributed by atoms with Gasteiger partial charge in [0.15, 0.2) is 6.10 Å². The van der Waals surface area contributed by atoms with Gasteiger partial charge in [-0.3, -0.25) is 0 Å². The number of halogens is 3. The van der Waals surface area contributed by atoms with Crippen LogP contribution >= 0.6 is 27.3 Å². The minimum Gasteiger partial charge on any atom is -0.479 e. The van der Waals surface area contributed by atoms with Crippen LogP contribution in [0.3, 0.4) is 0 Å². The Hall–Kier alpha value is -2.90. The SMILES string of the molecule is CCNc1ccccc1-c1ccc2c(c1)C(c1ccc(Br)s1)Oc1cccc(OC(F)F)c1-2. The number of alkyl halides is 2. The van der Waals surface area contributed by atoms with E-state index in [0.717, 1.165) is 43.1 Å². The maximum absolute atomic E-state index is 13.1. The number of benzene rings is 3. The number of rotatable bonds is 6. The summed E-state index contributed by atoms with van der Waals surface area (Å²) >= 11 is 5.13. The van der Waals surface area contributed by atoms with Gasteiger partial charge in [0.05, 0.1) is 14.2 Å². The number of para-hydroxylation sites is 1. The number of anilines is 1. The van der Waals surface area contributed by atoms with Gasteiger partial charge in [-0.25, -0.2) is 0 Å². The summed E-state index contributed by atoms with van der Waals surface area (Å²) in [5.74, 6) is 0.631. The molecule has 0 spiro atoms. The van der Waals surface area contributed by atoms with Crippen molar-refractivity contribution in [2.75, 3.05) is 11.9 Å². The highest BCUT2D eigenvalue weighted by Gasteiger charge is 2.31. The molecule has 7 heteroatoms. The van der Waals surface area contributed by atoms with Crippen LogP contribution in [0.4, 0.5) is 14.5 Å². The highest BCUT2D eigenvalue weighted by molar-refractivity contribution is 9.11. The molecule has 0 aliphatic carbocycles. The number of hydrogen-bond acceptors (Lipinski definition) is 4. The average Bonchev–Trinajstić information content (AvgIpc) is 3.24. The molecule has 2 heterocycles.